The Morgan fingerprint density at radius 1 is 1.22 bits per heavy atom. The van der Waals surface area contributed by atoms with E-state index in [2.05, 4.69) is 55.9 Å². The molecule has 2 fully saturated rings. The normalized spacial score (nSPS) is 19.0. The van der Waals surface area contributed by atoms with Crippen LogP contribution in [0.15, 0.2) is 29.3 Å². The number of halogens is 1. The molecule has 6 heteroatoms. The van der Waals surface area contributed by atoms with E-state index in [0.29, 0.717) is 5.41 Å². The molecule has 1 aromatic heterocycles. The predicted octanol–water partition coefficient (Wildman–Crippen LogP) is 4.19. The third-order valence-electron chi connectivity index (χ3n) is 6.30. The van der Waals surface area contributed by atoms with Crippen LogP contribution in [0.3, 0.4) is 0 Å². The van der Waals surface area contributed by atoms with Crippen molar-refractivity contribution in [2.24, 2.45) is 10.4 Å². The Morgan fingerprint density at radius 3 is 2.78 bits per heavy atom. The Morgan fingerprint density at radius 2 is 2.00 bits per heavy atom. The molecule has 0 bridgehead atoms. The zero-order valence-electron chi connectivity index (χ0n) is 16.6. The van der Waals surface area contributed by atoms with E-state index in [0.717, 1.165) is 43.4 Å². The van der Waals surface area contributed by atoms with Gasteiger partial charge in [-0.2, -0.15) is 0 Å². The minimum absolute atomic E-state index is 0. The molecule has 1 saturated carbocycles. The first-order chi connectivity index (χ1) is 12.7. The lowest BCUT2D eigenvalue weighted by Crippen LogP contribution is -2.41. The summed E-state index contributed by atoms with van der Waals surface area (Å²) in [6.45, 7) is 6.38. The number of aromatic nitrogens is 2. The van der Waals surface area contributed by atoms with Gasteiger partial charge in [-0.05, 0) is 50.2 Å². The number of hydrogen-bond acceptors (Lipinski definition) is 2. The van der Waals surface area contributed by atoms with Gasteiger partial charge in [0.2, 0.25) is 0 Å². The summed E-state index contributed by atoms with van der Waals surface area (Å²) >= 11 is 0. The number of nitrogens with one attached hydrogen (secondary N) is 1. The predicted molar refractivity (Wildman–Crippen MR) is 123 cm³/mol. The maximum Gasteiger partial charge on any atom is 0.193 e. The number of hydrogen-bond donors (Lipinski definition) is 1. The Labute approximate surface area is 179 Å². The molecule has 0 unspecified atom stereocenters. The number of aliphatic imine (C=N–C) groups is 1. The highest BCUT2D eigenvalue weighted by atomic mass is 127. The largest absolute Gasteiger partial charge is 0.356 e. The van der Waals surface area contributed by atoms with Crippen LogP contribution in [0, 0.1) is 12.3 Å². The first-order valence-corrected chi connectivity index (χ1v) is 10.1. The molecule has 2 aromatic rings. The van der Waals surface area contributed by atoms with Crippen molar-refractivity contribution in [1.29, 1.82) is 0 Å². The van der Waals surface area contributed by atoms with Crippen LogP contribution in [0.2, 0.25) is 0 Å². The fraction of sp³-hybridized carbons (Fsp3) is 0.619. The van der Waals surface area contributed by atoms with Crippen LogP contribution in [-0.4, -0.2) is 47.1 Å². The van der Waals surface area contributed by atoms with E-state index in [1.807, 2.05) is 7.05 Å². The van der Waals surface area contributed by atoms with E-state index in [1.165, 1.54) is 44.2 Å². The molecule has 2 aliphatic rings. The fourth-order valence-electron chi connectivity index (χ4n) is 4.90. The molecule has 0 amide bonds. The van der Waals surface area contributed by atoms with Crippen molar-refractivity contribution in [1.82, 2.24) is 19.8 Å². The highest BCUT2D eigenvalue weighted by Gasteiger charge is 2.40. The van der Waals surface area contributed by atoms with Crippen LogP contribution in [-0.2, 0) is 6.54 Å². The number of imidazole rings is 1. The lowest BCUT2D eigenvalue weighted by Gasteiger charge is -2.26. The number of fused-ring (bicyclic) bond motifs is 1. The molecule has 148 valence electrons. The molecule has 1 N–H and O–H groups in total. The van der Waals surface area contributed by atoms with Crippen molar-refractivity contribution < 1.29 is 0 Å². The van der Waals surface area contributed by atoms with Crippen molar-refractivity contribution >= 4 is 41.0 Å². The second-order valence-electron chi connectivity index (χ2n) is 8.01. The summed E-state index contributed by atoms with van der Waals surface area (Å²) in [5, 5.41) is 3.59. The van der Waals surface area contributed by atoms with Crippen molar-refractivity contribution in [2.45, 2.75) is 52.0 Å². The molecule has 2 heterocycles. The second-order valence-corrected chi connectivity index (χ2v) is 8.01. The monoisotopic (exact) mass is 481 g/mol. The minimum Gasteiger partial charge on any atom is -0.356 e. The van der Waals surface area contributed by atoms with E-state index in [9.17, 15) is 0 Å². The molecule has 1 aliphatic heterocycles. The van der Waals surface area contributed by atoms with Gasteiger partial charge in [0.25, 0.3) is 0 Å². The fourth-order valence-corrected chi connectivity index (χ4v) is 4.90. The lowest BCUT2D eigenvalue weighted by molar-refractivity contribution is 0.309. The molecule has 27 heavy (non-hydrogen) atoms. The lowest BCUT2D eigenvalue weighted by atomic mass is 9.86. The summed E-state index contributed by atoms with van der Waals surface area (Å²) < 4.78 is 2.32. The second kappa shape index (κ2) is 8.80. The van der Waals surface area contributed by atoms with Crippen molar-refractivity contribution in [3.8, 4) is 0 Å². The van der Waals surface area contributed by atoms with Crippen LogP contribution in [0.4, 0.5) is 0 Å². The van der Waals surface area contributed by atoms with Crippen LogP contribution >= 0.6 is 24.0 Å². The van der Waals surface area contributed by atoms with Crippen LogP contribution in [0.1, 0.15) is 44.3 Å². The summed E-state index contributed by atoms with van der Waals surface area (Å²) in [5.74, 6) is 2.18. The first kappa shape index (κ1) is 20.4. The van der Waals surface area contributed by atoms with E-state index < -0.39 is 0 Å². The standard InChI is InChI=1S/C21H31N5.HI/c1-17-24-18-8-3-4-9-19(18)26(17)14-7-13-23-20(22-2)25-15-12-21(16-25)10-5-6-11-21;/h3-4,8-9H,5-7,10-16H2,1-2H3,(H,22,23);1H. The maximum atomic E-state index is 4.66. The van der Waals surface area contributed by atoms with Gasteiger partial charge in [0, 0.05) is 33.2 Å². The quantitative estimate of drug-likeness (QED) is 0.308. The molecule has 1 aromatic carbocycles. The van der Waals surface area contributed by atoms with Crippen LogP contribution in [0.5, 0.6) is 0 Å². The number of likely N-dealkylation sites (tertiary alicyclic amines) is 1. The van der Waals surface area contributed by atoms with Gasteiger partial charge in [-0.3, -0.25) is 4.99 Å². The third-order valence-corrected chi connectivity index (χ3v) is 6.30. The van der Waals surface area contributed by atoms with Gasteiger partial charge < -0.3 is 14.8 Å². The number of para-hydroxylation sites is 2. The minimum atomic E-state index is 0. The van der Waals surface area contributed by atoms with Gasteiger partial charge in [0.15, 0.2) is 5.96 Å². The van der Waals surface area contributed by atoms with Gasteiger partial charge >= 0.3 is 0 Å². The molecule has 0 atom stereocenters. The number of rotatable bonds is 4. The first-order valence-electron chi connectivity index (χ1n) is 10.1. The zero-order valence-corrected chi connectivity index (χ0v) is 18.9. The summed E-state index contributed by atoms with van der Waals surface area (Å²) in [4.78, 5) is 11.7. The molecular weight excluding hydrogens is 449 g/mol. The van der Waals surface area contributed by atoms with E-state index in [4.69, 9.17) is 0 Å². The topological polar surface area (TPSA) is 45.5 Å². The summed E-state index contributed by atoms with van der Waals surface area (Å²) in [6, 6.07) is 8.39. The summed E-state index contributed by atoms with van der Waals surface area (Å²) in [7, 11) is 1.91. The van der Waals surface area contributed by atoms with Gasteiger partial charge in [-0.1, -0.05) is 25.0 Å². The van der Waals surface area contributed by atoms with Crippen molar-refractivity contribution in [3.05, 3.63) is 30.1 Å². The zero-order chi connectivity index (χ0) is 18.0. The van der Waals surface area contributed by atoms with Crippen LogP contribution < -0.4 is 5.32 Å². The molecule has 0 radical (unpaired) electrons. The van der Waals surface area contributed by atoms with E-state index >= 15 is 0 Å². The van der Waals surface area contributed by atoms with Crippen molar-refractivity contribution in [3.63, 3.8) is 0 Å². The SMILES string of the molecule is CN=C(NCCCn1c(C)nc2ccccc21)N1CCC2(CCCC2)C1.I. The number of benzene rings is 1. The highest BCUT2D eigenvalue weighted by molar-refractivity contribution is 14.0. The molecule has 4 rings (SSSR count). The number of nitrogens with zero attached hydrogens (tertiary/aromatic N) is 4. The van der Waals surface area contributed by atoms with Gasteiger partial charge in [-0.15, -0.1) is 24.0 Å². The Hall–Kier alpha value is -1.31. The Bertz CT molecular complexity index is 791. The van der Waals surface area contributed by atoms with Gasteiger partial charge in [0.1, 0.15) is 5.82 Å². The maximum absolute atomic E-state index is 4.66. The van der Waals surface area contributed by atoms with E-state index in [-0.39, 0.29) is 24.0 Å². The Kier molecular flexibility index (Phi) is 6.65. The summed E-state index contributed by atoms with van der Waals surface area (Å²) in [6.07, 6.45) is 8.06. The average Bonchev–Trinajstić information content (AvgIpc) is 3.36. The van der Waals surface area contributed by atoms with Crippen molar-refractivity contribution in [2.75, 3.05) is 26.7 Å². The highest BCUT2D eigenvalue weighted by Crippen LogP contribution is 2.45. The van der Waals surface area contributed by atoms with E-state index in [1.54, 1.807) is 0 Å². The smallest absolute Gasteiger partial charge is 0.193 e. The number of aryl methyl sites for hydroxylation is 2. The third kappa shape index (κ3) is 4.25. The molecular formula is C21H32IN5. The summed E-state index contributed by atoms with van der Waals surface area (Å²) in [5.41, 5.74) is 2.91. The average molecular weight is 481 g/mol. The molecule has 1 saturated heterocycles. The van der Waals surface area contributed by atoms with Gasteiger partial charge in [-0.25, -0.2) is 4.98 Å². The van der Waals surface area contributed by atoms with Crippen LogP contribution in [0.25, 0.3) is 11.0 Å². The molecule has 1 spiro atoms. The molecule has 5 nitrogen and oxygen atoms in total. The van der Waals surface area contributed by atoms with Gasteiger partial charge in [0.05, 0.1) is 11.0 Å². The molecule has 1 aliphatic carbocycles. The number of guanidine groups is 1. The Balaban J connectivity index is 0.00000210.